The molecule has 0 N–H and O–H groups in total. The summed E-state index contributed by atoms with van der Waals surface area (Å²) in [6.45, 7) is 0.535. The highest BCUT2D eigenvalue weighted by molar-refractivity contribution is 6.18. The van der Waals surface area contributed by atoms with Crippen LogP contribution in [0.15, 0.2) is 59.2 Å². The van der Waals surface area contributed by atoms with E-state index in [-0.39, 0.29) is 0 Å². The molecule has 0 saturated heterocycles. The third-order valence-electron chi connectivity index (χ3n) is 3.22. The smallest absolute Gasteiger partial charge is 0.134 e. The summed E-state index contributed by atoms with van der Waals surface area (Å²) in [4.78, 5) is 0. The van der Waals surface area contributed by atoms with E-state index in [0.717, 1.165) is 17.8 Å². The quantitative estimate of drug-likeness (QED) is 0.638. The highest BCUT2D eigenvalue weighted by atomic mass is 35.5. The second kappa shape index (κ2) is 6.02. The largest absolute Gasteiger partial charge is 0.492 e. The van der Waals surface area contributed by atoms with E-state index in [1.54, 1.807) is 0 Å². The van der Waals surface area contributed by atoms with Crippen LogP contribution in [0, 0.1) is 0 Å². The summed E-state index contributed by atoms with van der Waals surface area (Å²) in [5.41, 5.74) is 3.37. The van der Waals surface area contributed by atoms with E-state index in [4.69, 9.17) is 20.8 Å². The van der Waals surface area contributed by atoms with E-state index in [1.165, 1.54) is 16.5 Å². The van der Waals surface area contributed by atoms with Crippen LogP contribution in [0.25, 0.3) is 11.0 Å². The third kappa shape index (κ3) is 2.81. The van der Waals surface area contributed by atoms with Gasteiger partial charge in [0.15, 0.2) is 0 Å². The molecule has 0 radical (unpaired) electrons. The average Bonchev–Trinajstić information content (AvgIpc) is 2.90. The second-order valence-electron chi connectivity index (χ2n) is 4.62. The van der Waals surface area contributed by atoms with E-state index in [2.05, 4.69) is 18.2 Å². The van der Waals surface area contributed by atoms with Crippen LogP contribution in [0.5, 0.6) is 5.75 Å². The van der Waals surface area contributed by atoms with Gasteiger partial charge in [0.25, 0.3) is 0 Å². The summed E-state index contributed by atoms with van der Waals surface area (Å²) in [6.07, 6.45) is 2.69. The minimum atomic E-state index is 0.503. The van der Waals surface area contributed by atoms with Gasteiger partial charge < -0.3 is 9.15 Å². The first-order valence-corrected chi connectivity index (χ1v) is 7.13. The molecule has 0 amide bonds. The molecule has 0 fully saturated rings. The molecule has 0 aliphatic heterocycles. The first-order chi connectivity index (χ1) is 9.86. The lowest BCUT2D eigenvalue weighted by molar-refractivity contribution is 0.342. The Morgan fingerprint density at radius 2 is 1.80 bits per heavy atom. The van der Waals surface area contributed by atoms with Gasteiger partial charge in [0.1, 0.15) is 17.9 Å². The maximum absolute atomic E-state index is 5.60. The van der Waals surface area contributed by atoms with Crippen molar-refractivity contribution in [1.29, 1.82) is 0 Å². The Kier molecular flexibility index (Phi) is 3.93. The summed E-state index contributed by atoms with van der Waals surface area (Å²) in [6, 6.07) is 16.2. The van der Waals surface area contributed by atoms with Crippen LogP contribution in [0.4, 0.5) is 0 Å². The molecule has 3 heteroatoms. The number of benzene rings is 2. The Hall–Kier alpha value is -1.93. The van der Waals surface area contributed by atoms with E-state index >= 15 is 0 Å². The number of alkyl halides is 1. The Morgan fingerprint density at radius 3 is 2.60 bits per heavy atom. The number of ether oxygens (including phenoxy) is 1. The standard InChI is InChI=1S/C17H15ClO2/c18-9-10-19-15-7-5-13(6-8-15)11-14-12-20-17-4-2-1-3-16(14)17/h1-8,12H,9-11H2. The monoisotopic (exact) mass is 286 g/mol. The lowest BCUT2D eigenvalue weighted by Crippen LogP contribution is -1.97. The van der Waals surface area contributed by atoms with Gasteiger partial charge in [-0.05, 0) is 23.8 Å². The van der Waals surface area contributed by atoms with Crippen LogP contribution in [-0.2, 0) is 6.42 Å². The van der Waals surface area contributed by atoms with Crippen molar-refractivity contribution in [3.63, 3.8) is 0 Å². The average molecular weight is 287 g/mol. The Labute approximate surface area is 122 Å². The number of furan rings is 1. The minimum Gasteiger partial charge on any atom is -0.492 e. The van der Waals surface area contributed by atoms with Crippen LogP contribution >= 0.6 is 11.6 Å². The molecule has 3 aromatic rings. The number of fused-ring (bicyclic) bond motifs is 1. The van der Waals surface area contributed by atoms with Crippen LogP contribution in [0.2, 0.25) is 0 Å². The van der Waals surface area contributed by atoms with Gasteiger partial charge in [-0.3, -0.25) is 0 Å². The van der Waals surface area contributed by atoms with Gasteiger partial charge in [-0.2, -0.15) is 0 Å². The summed E-state index contributed by atoms with van der Waals surface area (Å²) in [5.74, 6) is 1.36. The highest BCUT2D eigenvalue weighted by Gasteiger charge is 2.06. The zero-order valence-corrected chi connectivity index (χ0v) is 11.8. The predicted octanol–water partition coefficient (Wildman–Crippen LogP) is 4.64. The van der Waals surface area contributed by atoms with Crippen molar-refractivity contribution in [1.82, 2.24) is 0 Å². The molecule has 3 rings (SSSR count). The molecule has 0 spiro atoms. The molecular weight excluding hydrogens is 272 g/mol. The van der Waals surface area contributed by atoms with Crippen molar-refractivity contribution in [3.05, 3.63) is 65.9 Å². The molecule has 102 valence electrons. The Balaban J connectivity index is 1.77. The summed E-state index contributed by atoms with van der Waals surface area (Å²) >= 11 is 5.60. The molecular formula is C17H15ClO2. The van der Waals surface area contributed by atoms with Gasteiger partial charge >= 0.3 is 0 Å². The SMILES string of the molecule is ClCCOc1ccc(Cc2coc3ccccc23)cc1. The van der Waals surface area contributed by atoms with Crippen molar-refractivity contribution in [2.75, 3.05) is 12.5 Å². The van der Waals surface area contributed by atoms with Gasteiger partial charge in [0.2, 0.25) is 0 Å². The van der Waals surface area contributed by atoms with Gasteiger partial charge in [0.05, 0.1) is 12.1 Å². The second-order valence-corrected chi connectivity index (χ2v) is 4.99. The Bertz CT molecular complexity index is 686. The van der Waals surface area contributed by atoms with E-state index in [9.17, 15) is 0 Å². The van der Waals surface area contributed by atoms with Crippen molar-refractivity contribution in [2.24, 2.45) is 0 Å². The van der Waals surface area contributed by atoms with E-state index < -0.39 is 0 Å². The molecule has 2 aromatic carbocycles. The highest BCUT2D eigenvalue weighted by Crippen LogP contribution is 2.24. The molecule has 0 atom stereocenters. The van der Waals surface area contributed by atoms with E-state index in [0.29, 0.717) is 12.5 Å². The normalized spacial score (nSPS) is 10.8. The molecule has 20 heavy (non-hydrogen) atoms. The number of para-hydroxylation sites is 1. The molecule has 0 bridgehead atoms. The number of rotatable bonds is 5. The van der Waals surface area contributed by atoms with E-state index in [1.807, 2.05) is 36.6 Å². The van der Waals surface area contributed by atoms with Crippen LogP contribution in [-0.4, -0.2) is 12.5 Å². The zero-order chi connectivity index (χ0) is 13.8. The molecule has 0 saturated carbocycles. The van der Waals surface area contributed by atoms with Crippen molar-refractivity contribution in [2.45, 2.75) is 6.42 Å². The summed E-state index contributed by atoms with van der Waals surface area (Å²) in [7, 11) is 0. The maximum atomic E-state index is 5.60. The third-order valence-corrected chi connectivity index (χ3v) is 3.38. The first-order valence-electron chi connectivity index (χ1n) is 6.59. The van der Waals surface area contributed by atoms with Gasteiger partial charge in [-0.1, -0.05) is 30.3 Å². The molecule has 0 aliphatic rings. The molecule has 0 unspecified atom stereocenters. The molecule has 1 heterocycles. The molecule has 1 aromatic heterocycles. The van der Waals surface area contributed by atoms with Crippen LogP contribution in [0.3, 0.4) is 0 Å². The summed E-state index contributed by atoms with van der Waals surface area (Å²) in [5, 5.41) is 1.18. The topological polar surface area (TPSA) is 22.4 Å². The van der Waals surface area contributed by atoms with Gasteiger partial charge in [0, 0.05) is 17.4 Å². The fourth-order valence-corrected chi connectivity index (χ4v) is 2.33. The fourth-order valence-electron chi connectivity index (χ4n) is 2.25. The van der Waals surface area contributed by atoms with Crippen molar-refractivity contribution >= 4 is 22.6 Å². The van der Waals surface area contributed by atoms with Crippen LogP contribution < -0.4 is 4.74 Å². The van der Waals surface area contributed by atoms with Gasteiger partial charge in [-0.25, -0.2) is 0 Å². The molecule has 2 nitrogen and oxygen atoms in total. The first kappa shape index (κ1) is 13.1. The molecule has 0 aliphatic carbocycles. The van der Waals surface area contributed by atoms with Crippen molar-refractivity contribution < 1.29 is 9.15 Å². The van der Waals surface area contributed by atoms with Gasteiger partial charge in [-0.15, -0.1) is 11.6 Å². The fraction of sp³-hybridized carbons (Fsp3) is 0.176. The number of hydrogen-bond acceptors (Lipinski definition) is 2. The maximum Gasteiger partial charge on any atom is 0.134 e. The van der Waals surface area contributed by atoms with Crippen molar-refractivity contribution in [3.8, 4) is 5.75 Å². The minimum absolute atomic E-state index is 0.503. The van der Waals surface area contributed by atoms with Crippen LogP contribution in [0.1, 0.15) is 11.1 Å². The lowest BCUT2D eigenvalue weighted by Gasteiger charge is -2.05. The Morgan fingerprint density at radius 1 is 1.00 bits per heavy atom. The number of hydrogen-bond donors (Lipinski definition) is 0. The zero-order valence-electron chi connectivity index (χ0n) is 11.0. The lowest BCUT2D eigenvalue weighted by atomic mass is 10.0. The summed E-state index contributed by atoms with van der Waals surface area (Å²) < 4.78 is 11.0. The predicted molar refractivity (Wildman–Crippen MR) is 81.7 cm³/mol. The number of halogens is 1.